The van der Waals surface area contributed by atoms with Gasteiger partial charge in [0.2, 0.25) is 0 Å². The summed E-state index contributed by atoms with van der Waals surface area (Å²) in [5.41, 5.74) is 2.04. The van der Waals surface area contributed by atoms with Gasteiger partial charge in [0.05, 0.1) is 0 Å². The molecule has 1 spiro atoms. The van der Waals surface area contributed by atoms with E-state index in [1.807, 2.05) is 12.2 Å². The van der Waals surface area contributed by atoms with Crippen LogP contribution in [0.2, 0.25) is 0 Å². The van der Waals surface area contributed by atoms with Crippen LogP contribution < -0.4 is 0 Å². The van der Waals surface area contributed by atoms with E-state index in [1.165, 1.54) is 5.57 Å². The Morgan fingerprint density at radius 2 is 2.06 bits per heavy atom. The van der Waals surface area contributed by atoms with Crippen LogP contribution in [0.4, 0.5) is 0 Å². The zero-order valence-electron chi connectivity index (χ0n) is 9.99. The summed E-state index contributed by atoms with van der Waals surface area (Å²) in [5.74, 6) is 0.459. The van der Waals surface area contributed by atoms with Crippen LogP contribution in [0.1, 0.15) is 27.2 Å². The molecule has 86 valence electrons. The standard InChI is InChI=1S/C14H18O2/c1-8-7-14(8)9(2)10-5-4-6-11(10)12(15)13(14,3)16/h4-6,8,12,15-16H,7H2,1-3H3/t8?,12?,13-,14?/m0/s1. The molecule has 0 bridgehead atoms. The summed E-state index contributed by atoms with van der Waals surface area (Å²) in [6.45, 7) is 6.03. The first-order valence-corrected chi connectivity index (χ1v) is 5.93. The Morgan fingerprint density at radius 3 is 2.62 bits per heavy atom. The molecule has 3 aliphatic rings. The van der Waals surface area contributed by atoms with Gasteiger partial charge in [-0.25, -0.2) is 0 Å². The monoisotopic (exact) mass is 218 g/mol. The number of fused-ring (bicyclic) bond motifs is 1. The minimum absolute atomic E-state index is 0.201. The molecule has 0 aromatic heterocycles. The molecule has 0 saturated heterocycles. The minimum Gasteiger partial charge on any atom is -0.386 e. The van der Waals surface area contributed by atoms with Gasteiger partial charge >= 0.3 is 0 Å². The molecule has 3 rings (SSSR count). The van der Waals surface area contributed by atoms with E-state index in [1.54, 1.807) is 6.92 Å². The Labute approximate surface area is 96.0 Å². The van der Waals surface area contributed by atoms with Crippen molar-refractivity contribution in [2.24, 2.45) is 11.3 Å². The minimum atomic E-state index is -1.03. The summed E-state index contributed by atoms with van der Waals surface area (Å²) >= 11 is 0. The molecule has 3 aliphatic carbocycles. The van der Waals surface area contributed by atoms with Crippen molar-refractivity contribution in [3.63, 3.8) is 0 Å². The molecule has 1 saturated carbocycles. The van der Waals surface area contributed by atoms with Gasteiger partial charge in [-0.15, -0.1) is 0 Å². The average molecular weight is 218 g/mol. The number of rotatable bonds is 0. The third-order valence-corrected chi connectivity index (χ3v) is 4.96. The van der Waals surface area contributed by atoms with E-state index in [9.17, 15) is 10.2 Å². The zero-order valence-corrected chi connectivity index (χ0v) is 9.99. The van der Waals surface area contributed by atoms with Crippen molar-refractivity contribution in [2.75, 3.05) is 0 Å². The van der Waals surface area contributed by atoms with Crippen LogP contribution in [0.3, 0.4) is 0 Å². The lowest BCUT2D eigenvalue weighted by Gasteiger charge is -2.44. The van der Waals surface area contributed by atoms with Crippen LogP contribution >= 0.6 is 0 Å². The van der Waals surface area contributed by atoms with Crippen LogP contribution in [0.5, 0.6) is 0 Å². The Kier molecular flexibility index (Phi) is 1.73. The van der Waals surface area contributed by atoms with Gasteiger partial charge in [-0.05, 0) is 37.3 Å². The molecule has 0 radical (unpaired) electrons. The van der Waals surface area contributed by atoms with E-state index in [-0.39, 0.29) is 5.41 Å². The maximum absolute atomic E-state index is 10.7. The van der Waals surface area contributed by atoms with Crippen molar-refractivity contribution in [1.29, 1.82) is 0 Å². The van der Waals surface area contributed by atoms with Crippen molar-refractivity contribution in [1.82, 2.24) is 0 Å². The molecular formula is C14H18O2. The maximum Gasteiger partial charge on any atom is 0.109 e. The SMILES string of the molecule is CC1=C2C=CC=C2C(O)[C@](C)(O)C12CC2C. The van der Waals surface area contributed by atoms with Crippen molar-refractivity contribution in [2.45, 2.75) is 38.9 Å². The number of aliphatic hydroxyl groups excluding tert-OH is 1. The summed E-state index contributed by atoms with van der Waals surface area (Å²) < 4.78 is 0. The summed E-state index contributed by atoms with van der Waals surface area (Å²) in [7, 11) is 0. The lowest BCUT2D eigenvalue weighted by atomic mass is 9.66. The second kappa shape index (κ2) is 2.69. The largest absolute Gasteiger partial charge is 0.386 e. The summed E-state index contributed by atoms with van der Waals surface area (Å²) in [6, 6.07) is 0. The molecule has 0 aromatic carbocycles. The van der Waals surface area contributed by atoms with E-state index in [0.29, 0.717) is 5.92 Å². The van der Waals surface area contributed by atoms with Crippen molar-refractivity contribution in [3.05, 3.63) is 34.9 Å². The first-order valence-electron chi connectivity index (χ1n) is 5.93. The van der Waals surface area contributed by atoms with Crippen LogP contribution in [-0.4, -0.2) is 21.9 Å². The highest BCUT2D eigenvalue weighted by molar-refractivity contribution is 5.60. The van der Waals surface area contributed by atoms with Gasteiger partial charge in [-0.2, -0.15) is 0 Å². The van der Waals surface area contributed by atoms with Gasteiger partial charge in [-0.1, -0.05) is 30.7 Å². The fourth-order valence-electron chi connectivity index (χ4n) is 3.83. The van der Waals surface area contributed by atoms with Crippen LogP contribution in [0.25, 0.3) is 0 Å². The Balaban J connectivity index is 2.24. The molecule has 0 aromatic rings. The van der Waals surface area contributed by atoms with Gasteiger partial charge in [0.15, 0.2) is 0 Å². The highest BCUT2D eigenvalue weighted by Crippen LogP contribution is 2.68. The first-order chi connectivity index (χ1) is 7.43. The van der Waals surface area contributed by atoms with Gasteiger partial charge in [0, 0.05) is 5.41 Å². The normalized spacial score (nSPS) is 49.7. The van der Waals surface area contributed by atoms with E-state index >= 15 is 0 Å². The second-order valence-corrected chi connectivity index (χ2v) is 5.65. The quantitative estimate of drug-likeness (QED) is 0.652. The smallest absolute Gasteiger partial charge is 0.109 e. The molecule has 16 heavy (non-hydrogen) atoms. The predicted molar refractivity (Wildman–Crippen MR) is 62.8 cm³/mol. The van der Waals surface area contributed by atoms with Gasteiger partial charge < -0.3 is 10.2 Å². The summed E-state index contributed by atoms with van der Waals surface area (Å²) in [5, 5.41) is 21.0. The van der Waals surface area contributed by atoms with Crippen molar-refractivity contribution < 1.29 is 10.2 Å². The van der Waals surface area contributed by atoms with Crippen LogP contribution in [0, 0.1) is 11.3 Å². The number of hydrogen-bond acceptors (Lipinski definition) is 2. The third-order valence-electron chi connectivity index (χ3n) is 4.96. The second-order valence-electron chi connectivity index (χ2n) is 5.65. The van der Waals surface area contributed by atoms with E-state index in [2.05, 4.69) is 19.9 Å². The highest BCUT2D eigenvalue weighted by atomic mass is 16.3. The van der Waals surface area contributed by atoms with Crippen molar-refractivity contribution >= 4 is 0 Å². The molecule has 3 unspecified atom stereocenters. The first kappa shape index (κ1) is 10.3. The molecule has 0 amide bonds. The van der Waals surface area contributed by atoms with Crippen LogP contribution in [0.15, 0.2) is 34.9 Å². The number of allylic oxidation sites excluding steroid dienone is 3. The fourth-order valence-corrected chi connectivity index (χ4v) is 3.83. The van der Waals surface area contributed by atoms with E-state index < -0.39 is 11.7 Å². The van der Waals surface area contributed by atoms with Gasteiger partial charge in [0.1, 0.15) is 11.7 Å². The predicted octanol–water partition coefficient (Wildman–Crippen LogP) is 1.95. The van der Waals surface area contributed by atoms with Crippen molar-refractivity contribution in [3.8, 4) is 0 Å². The van der Waals surface area contributed by atoms with Crippen LogP contribution in [-0.2, 0) is 0 Å². The summed E-state index contributed by atoms with van der Waals surface area (Å²) in [6.07, 6.45) is 6.15. The Hall–Kier alpha value is -0.860. The molecule has 0 heterocycles. The third kappa shape index (κ3) is 0.871. The number of hydrogen-bond donors (Lipinski definition) is 2. The Bertz CT molecular complexity index is 453. The summed E-state index contributed by atoms with van der Waals surface area (Å²) in [4.78, 5) is 0. The Morgan fingerprint density at radius 1 is 1.44 bits per heavy atom. The molecular weight excluding hydrogens is 200 g/mol. The maximum atomic E-state index is 10.7. The molecule has 2 heteroatoms. The van der Waals surface area contributed by atoms with Gasteiger partial charge in [-0.3, -0.25) is 0 Å². The van der Waals surface area contributed by atoms with E-state index in [4.69, 9.17) is 0 Å². The fraction of sp³-hybridized carbons (Fsp3) is 0.571. The number of aliphatic hydroxyl groups is 2. The molecule has 4 atom stereocenters. The lowest BCUT2D eigenvalue weighted by Crippen LogP contribution is -2.52. The molecule has 0 aliphatic heterocycles. The van der Waals surface area contributed by atoms with E-state index in [0.717, 1.165) is 17.6 Å². The zero-order chi connectivity index (χ0) is 11.7. The average Bonchev–Trinajstić information content (AvgIpc) is 2.73. The molecule has 2 nitrogen and oxygen atoms in total. The molecule has 1 fully saturated rings. The highest BCUT2D eigenvalue weighted by Gasteiger charge is 2.68. The molecule has 2 N–H and O–H groups in total. The lowest BCUT2D eigenvalue weighted by molar-refractivity contribution is -0.0929. The van der Waals surface area contributed by atoms with Gasteiger partial charge in [0.25, 0.3) is 0 Å². The topological polar surface area (TPSA) is 40.5 Å².